The number of rotatable bonds is 10. The van der Waals surface area contributed by atoms with E-state index in [1.165, 1.54) is 25.3 Å². The van der Waals surface area contributed by atoms with Gasteiger partial charge in [0.15, 0.2) is 6.61 Å². The molecule has 154 valence electrons. The van der Waals surface area contributed by atoms with Gasteiger partial charge in [-0.15, -0.1) is 0 Å². The number of carbonyl (C=O) groups excluding carboxylic acids is 2. The first-order valence-corrected chi connectivity index (χ1v) is 8.86. The van der Waals surface area contributed by atoms with E-state index in [2.05, 4.69) is 5.32 Å². The third-order valence-corrected chi connectivity index (χ3v) is 3.82. The number of nitrogens with one attached hydrogen (secondary N) is 1. The van der Waals surface area contributed by atoms with E-state index < -0.39 is 23.4 Å². The predicted molar refractivity (Wildman–Crippen MR) is 105 cm³/mol. The van der Waals surface area contributed by atoms with Crippen LogP contribution in [0.25, 0.3) is 0 Å². The number of nitro benzene ring substituents is 1. The first-order chi connectivity index (χ1) is 13.9. The molecular formula is C20H22N2O7. The third-order valence-electron chi connectivity index (χ3n) is 3.82. The fraction of sp³-hybridized carbons (Fsp3) is 0.300. The largest absolute Gasteiger partial charge is 0.494 e. The van der Waals surface area contributed by atoms with Crippen molar-refractivity contribution in [3.63, 3.8) is 0 Å². The zero-order valence-electron chi connectivity index (χ0n) is 16.2. The smallest absolute Gasteiger partial charge is 0.306 e. The fourth-order valence-electron chi connectivity index (χ4n) is 2.41. The van der Waals surface area contributed by atoms with Crippen LogP contribution in [0.2, 0.25) is 0 Å². The van der Waals surface area contributed by atoms with Gasteiger partial charge in [0.2, 0.25) is 0 Å². The van der Waals surface area contributed by atoms with E-state index in [-0.39, 0.29) is 23.5 Å². The Morgan fingerprint density at radius 2 is 1.97 bits per heavy atom. The molecule has 2 aromatic rings. The molecule has 29 heavy (non-hydrogen) atoms. The topological polar surface area (TPSA) is 117 Å². The lowest BCUT2D eigenvalue weighted by Gasteiger charge is -2.10. The summed E-state index contributed by atoms with van der Waals surface area (Å²) in [4.78, 5) is 33.9. The van der Waals surface area contributed by atoms with Crippen LogP contribution >= 0.6 is 0 Å². The first kappa shape index (κ1) is 21.7. The van der Waals surface area contributed by atoms with Gasteiger partial charge in [-0.25, -0.2) is 0 Å². The number of aryl methyl sites for hydroxylation is 1. The van der Waals surface area contributed by atoms with Crippen molar-refractivity contribution in [2.75, 3.05) is 25.6 Å². The molecule has 1 amide bonds. The monoisotopic (exact) mass is 402 g/mol. The van der Waals surface area contributed by atoms with Crippen LogP contribution in [0.4, 0.5) is 11.4 Å². The predicted octanol–water partition coefficient (Wildman–Crippen LogP) is 3.25. The maximum absolute atomic E-state index is 11.9. The van der Waals surface area contributed by atoms with Gasteiger partial charge in [0, 0.05) is 12.5 Å². The summed E-state index contributed by atoms with van der Waals surface area (Å²) in [6.45, 7) is 1.84. The number of carbonyl (C=O) groups is 2. The van der Waals surface area contributed by atoms with E-state index in [4.69, 9.17) is 14.2 Å². The van der Waals surface area contributed by atoms with E-state index >= 15 is 0 Å². The summed E-state index contributed by atoms with van der Waals surface area (Å²) in [5, 5.41) is 13.3. The van der Waals surface area contributed by atoms with Gasteiger partial charge < -0.3 is 19.5 Å². The highest BCUT2D eigenvalue weighted by Gasteiger charge is 2.14. The molecule has 2 aromatic carbocycles. The number of esters is 1. The Hall–Kier alpha value is -3.62. The summed E-state index contributed by atoms with van der Waals surface area (Å²) in [6, 6.07) is 11.4. The van der Waals surface area contributed by atoms with Gasteiger partial charge in [0.05, 0.1) is 30.4 Å². The average Bonchev–Trinajstić information content (AvgIpc) is 2.70. The minimum absolute atomic E-state index is 0.111. The Bertz CT molecular complexity index is 883. The summed E-state index contributed by atoms with van der Waals surface area (Å²) in [7, 11) is 1.33. The van der Waals surface area contributed by atoms with E-state index in [1.54, 1.807) is 0 Å². The molecule has 0 aromatic heterocycles. The molecule has 0 radical (unpaired) electrons. The van der Waals surface area contributed by atoms with Gasteiger partial charge in [-0.1, -0.05) is 12.1 Å². The molecule has 2 rings (SSSR count). The molecule has 0 unspecified atom stereocenters. The number of methoxy groups -OCH3 is 1. The number of benzene rings is 2. The number of hydrogen-bond donors (Lipinski definition) is 1. The summed E-state index contributed by atoms with van der Waals surface area (Å²) < 4.78 is 15.5. The highest BCUT2D eigenvalue weighted by Crippen LogP contribution is 2.28. The number of nitrogens with zero attached hydrogens (tertiary/aromatic N) is 1. The molecule has 0 fully saturated rings. The molecular weight excluding hydrogens is 380 g/mol. The van der Waals surface area contributed by atoms with Gasteiger partial charge in [-0.3, -0.25) is 19.7 Å². The molecule has 9 heteroatoms. The van der Waals surface area contributed by atoms with Crippen LogP contribution in [0, 0.1) is 17.0 Å². The zero-order chi connectivity index (χ0) is 21.2. The zero-order valence-corrected chi connectivity index (χ0v) is 16.2. The Balaban J connectivity index is 1.72. The molecule has 0 spiro atoms. The van der Waals surface area contributed by atoms with Crippen LogP contribution in [-0.2, 0) is 14.3 Å². The quantitative estimate of drug-likeness (QED) is 0.280. The molecule has 0 aliphatic carbocycles. The van der Waals surface area contributed by atoms with Crippen molar-refractivity contribution in [1.82, 2.24) is 0 Å². The van der Waals surface area contributed by atoms with E-state index in [9.17, 15) is 19.7 Å². The summed E-state index contributed by atoms with van der Waals surface area (Å²) in [5.74, 6) is -0.243. The van der Waals surface area contributed by atoms with Gasteiger partial charge >= 0.3 is 5.97 Å². The maximum atomic E-state index is 11.9. The first-order valence-electron chi connectivity index (χ1n) is 8.86. The molecule has 0 saturated heterocycles. The maximum Gasteiger partial charge on any atom is 0.306 e. The molecule has 0 heterocycles. The second kappa shape index (κ2) is 10.6. The molecule has 0 saturated carbocycles. The van der Waals surface area contributed by atoms with Crippen LogP contribution in [0.3, 0.4) is 0 Å². The van der Waals surface area contributed by atoms with Gasteiger partial charge in [-0.2, -0.15) is 0 Å². The van der Waals surface area contributed by atoms with Crippen molar-refractivity contribution in [1.29, 1.82) is 0 Å². The Morgan fingerprint density at radius 3 is 2.66 bits per heavy atom. The highest BCUT2D eigenvalue weighted by atomic mass is 16.6. The van der Waals surface area contributed by atoms with Crippen LogP contribution in [0.5, 0.6) is 11.5 Å². The van der Waals surface area contributed by atoms with Crippen molar-refractivity contribution < 1.29 is 28.7 Å². The summed E-state index contributed by atoms with van der Waals surface area (Å²) in [6.07, 6.45) is 0.560. The van der Waals surface area contributed by atoms with Crippen LogP contribution in [0.1, 0.15) is 18.4 Å². The van der Waals surface area contributed by atoms with Crippen LogP contribution in [-0.4, -0.2) is 37.1 Å². The van der Waals surface area contributed by atoms with Crippen molar-refractivity contribution in [2.24, 2.45) is 0 Å². The molecule has 1 N–H and O–H groups in total. The van der Waals surface area contributed by atoms with Crippen molar-refractivity contribution in [2.45, 2.75) is 19.8 Å². The average molecular weight is 402 g/mol. The molecule has 0 atom stereocenters. The van der Waals surface area contributed by atoms with Gasteiger partial charge in [0.1, 0.15) is 11.5 Å². The highest BCUT2D eigenvalue weighted by molar-refractivity contribution is 5.94. The van der Waals surface area contributed by atoms with Gasteiger partial charge in [-0.05, 0) is 37.1 Å². The molecule has 0 aliphatic heterocycles. The summed E-state index contributed by atoms with van der Waals surface area (Å²) in [5.41, 5.74) is 1.16. The van der Waals surface area contributed by atoms with Crippen LogP contribution < -0.4 is 14.8 Å². The van der Waals surface area contributed by atoms with E-state index in [0.717, 1.165) is 11.3 Å². The van der Waals surface area contributed by atoms with E-state index in [0.29, 0.717) is 13.0 Å². The Morgan fingerprint density at radius 1 is 1.17 bits per heavy atom. The Labute approximate surface area is 167 Å². The number of non-ortho nitro benzene ring substituents is 1. The number of nitro groups is 1. The van der Waals surface area contributed by atoms with Crippen molar-refractivity contribution in [3.05, 3.63) is 58.1 Å². The number of hydrogen-bond acceptors (Lipinski definition) is 7. The second-order valence-corrected chi connectivity index (χ2v) is 6.12. The minimum Gasteiger partial charge on any atom is -0.494 e. The number of amides is 1. The minimum atomic E-state index is -0.582. The number of ether oxygens (including phenoxy) is 3. The molecule has 0 bridgehead atoms. The molecule has 0 aliphatic rings. The van der Waals surface area contributed by atoms with E-state index in [1.807, 2.05) is 31.2 Å². The lowest BCUT2D eigenvalue weighted by molar-refractivity contribution is -0.384. The summed E-state index contributed by atoms with van der Waals surface area (Å²) >= 11 is 0. The van der Waals surface area contributed by atoms with Crippen LogP contribution in [0.15, 0.2) is 42.5 Å². The van der Waals surface area contributed by atoms with Crippen molar-refractivity contribution in [3.8, 4) is 11.5 Å². The van der Waals surface area contributed by atoms with Crippen molar-refractivity contribution >= 4 is 23.3 Å². The number of anilines is 1. The molecule has 9 nitrogen and oxygen atoms in total. The Kier molecular flexibility index (Phi) is 7.96. The lowest BCUT2D eigenvalue weighted by Crippen LogP contribution is -2.21. The van der Waals surface area contributed by atoms with Gasteiger partial charge in [0.25, 0.3) is 11.6 Å². The fourth-order valence-corrected chi connectivity index (χ4v) is 2.41. The second-order valence-electron chi connectivity index (χ2n) is 6.12. The standard InChI is InChI=1S/C20H22N2O7/c1-14-5-3-6-16(11-14)28-10-4-7-20(24)29-13-19(23)21-17-9-8-15(22(25)26)12-18(17)27-2/h3,5-6,8-9,11-12H,4,7,10,13H2,1-2H3,(H,21,23). The normalized spacial score (nSPS) is 10.1. The third kappa shape index (κ3) is 7.13. The SMILES string of the molecule is COc1cc([N+](=O)[O-])ccc1NC(=O)COC(=O)CCCOc1cccc(C)c1. The lowest BCUT2D eigenvalue weighted by atomic mass is 10.2.